The molecule has 6 heteroatoms. The Morgan fingerprint density at radius 3 is 2.71 bits per heavy atom. The normalized spacial score (nSPS) is 17.6. The van der Waals surface area contributed by atoms with Gasteiger partial charge in [0.15, 0.2) is 6.61 Å². The minimum absolute atomic E-state index is 0.193. The van der Waals surface area contributed by atoms with Gasteiger partial charge in [-0.05, 0) is 29.8 Å². The molecule has 1 aliphatic heterocycles. The minimum atomic E-state index is -0.421. The largest absolute Gasteiger partial charge is 0.484 e. The first-order chi connectivity index (χ1) is 11.6. The third-order valence-corrected chi connectivity index (χ3v) is 3.86. The fourth-order valence-electron chi connectivity index (χ4n) is 2.65. The monoisotopic (exact) mass is 333 g/mol. The van der Waals surface area contributed by atoms with Crippen LogP contribution in [0.15, 0.2) is 48.5 Å². The zero-order chi connectivity index (χ0) is 16.9. The van der Waals surface area contributed by atoms with Gasteiger partial charge in [0.1, 0.15) is 17.4 Å². The molecule has 1 heterocycles. The van der Waals surface area contributed by atoms with E-state index in [0.717, 1.165) is 5.56 Å². The lowest BCUT2D eigenvalue weighted by Gasteiger charge is -2.35. The summed E-state index contributed by atoms with van der Waals surface area (Å²) in [6.45, 7) is 1.01. The first kappa shape index (κ1) is 16.4. The van der Waals surface area contributed by atoms with Crippen molar-refractivity contribution in [2.45, 2.75) is 6.04 Å². The average Bonchev–Trinajstić information content (AvgIpc) is 2.60. The fraction of sp³-hybridized carbons (Fsp3) is 0.278. The van der Waals surface area contributed by atoms with Gasteiger partial charge in [0.25, 0.3) is 5.91 Å². The molecule has 1 amide bonds. The Labute approximate surface area is 138 Å². The molecule has 126 valence electrons. The highest BCUT2D eigenvalue weighted by Gasteiger charge is 2.28. The molecule has 0 aliphatic carbocycles. The number of amides is 1. The zero-order valence-corrected chi connectivity index (χ0v) is 13.0. The molecular weight excluding hydrogens is 316 g/mol. The van der Waals surface area contributed by atoms with Crippen LogP contribution in [0.3, 0.4) is 0 Å². The van der Waals surface area contributed by atoms with Crippen LogP contribution in [0.25, 0.3) is 0 Å². The molecule has 4 nitrogen and oxygen atoms in total. The molecule has 0 N–H and O–H groups in total. The Balaban J connectivity index is 1.68. The van der Waals surface area contributed by atoms with Crippen molar-refractivity contribution >= 4 is 5.91 Å². The first-order valence-corrected chi connectivity index (χ1v) is 7.64. The molecule has 1 atom stereocenters. The predicted molar refractivity (Wildman–Crippen MR) is 83.6 cm³/mol. The Bertz CT molecular complexity index is 706. The zero-order valence-electron chi connectivity index (χ0n) is 13.0. The SMILES string of the molecule is O=C(COc1cccc(F)c1)N1CCOCC1c1ccc(F)cc1. The molecule has 0 radical (unpaired) electrons. The lowest BCUT2D eigenvalue weighted by Crippen LogP contribution is -2.45. The van der Waals surface area contributed by atoms with Crippen LogP contribution in [0, 0.1) is 11.6 Å². The summed E-state index contributed by atoms with van der Waals surface area (Å²) in [5.74, 6) is -0.676. The number of nitrogens with zero attached hydrogens (tertiary/aromatic N) is 1. The third kappa shape index (κ3) is 3.89. The molecule has 0 spiro atoms. The van der Waals surface area contributed by atoms with E-state index >= 15 is 0 Å². The van der Waals surface area contributed by atoms with Crippen LogP contribution < -0.4 is 4.74 Å². The lowest BCUT2D eigenvalue weighted by atomic mass is 10.0. The molecule has 1 unspecified atom stereocenters. The van der Waals surface area contributed by atoms with Crippen molar-refractivity contribution in [2.75, 3.05) is 26.4 Å². The van der Waals surface area contributed by atoms with Crippen LogP contribution >= 0.6 is 0 Å². The Morgan fingerprint density at radius 1 is 1.17 bits per heavy atom. The van der Waals surface area contributed by atoms with Crippen LogP contribution in [0.5, 0.6) is 5.75 Å². The Morgan fingerprint density at radius 2 is 1.96 bits per heavy atom. The number of morpholine rings is 1. The van der Waals surface area contributed by atoms with Crippen molar-refractivity contribution in [3.63, 3.8) is 0 Å². The number of hydrogen-bond donors (Lipinski definition) is 0. The molecular formula is C18H17F2NO3. The molecule has 1 aliphatic rings. The van der Waals surface area contributed by atoms with Gasteiger partial charge in [-0.1, -0.05) is 18.2 Å². The highest BCUT2D eigenvalue weighted by molar-refractivity contribution is 5.78. The summed E-state index contributed by atoms with van der Waals surface area (Å²) in [6.07, 6.45) is 0. The number of hydrogen-bond acceptors (Lipinski definition) is 3. The van der Waals surface area contributed by atoms with Crippen LogP contribution in [-0.2, 0) is 9.53 Å². The van der Waals surface area contributed by atoms with Crippen molar-refractivity contribution in [1.29, 1.82) is 0 Å². The van der Waals surface area contributed by atoms with Gasteiger partial charge in [-0.2, -0.15) is 0 Å². The topological polar surface area (TPSA) is 38.8 Å². The standard InChI is InChI=1S/C18H17F2NO3/c19-14-6-4-13(5-7-14)17-11-23-9-8-21(17)18(22)12-24-16-3-1-2-15(20)10-16/h1-7,10,17H,8-9,11-12H2. The number of carbonyl (C=O) groups is 1. The van der Waals surface area contributed by atoms with Gasteiger partial charge in [0, 0.05) is 12.6 Å². The van der Waals surface area contributed by atoms with Gasteiger partial charge >= 0.3 is 0 Å². The highest BCUT2D eigenvalue weighted by atomic mass is 19.1. The molecule has 1 saturated heterocycles. The third-order valence-electron chi connectivity index (χ3n) is 3.86. The van der Waals surface area contributed by atoms with Crippen LogP contribution in [-0.4, -0.2) is 37.2 Å². The van der Waals surface area contributed by atoms with Gasteiger partial charge in [-0.3, -0.25) is 4.79 Å². The van der Waals surface area contributed by atoms with Gasteiger partial charge in [-0.25, -0.2) is 8.78 Å². The van der Waals surface area contributed by atoms with Crippen LogP contribution in [0.2, 0.25) is 0 Å². The van der Waals surface area contributed by atoms with Crippen molar-refractivity contribution in [3.05, 3.63) is 65.7 Å². The minimum Gasteiger partial charge on any atom is -0.484 e. The van der Waals surface area contributed by atoms with Crippen molar-refractivity contribution in [3.8, 4) is 5.75 Å². The molecule has 2 aromatic carbocycles. The average molecular weight is 333 g/mol. The number of halogens is 2. The predicted octanol–water partition coefficient (Wildman–Crippen LogP) is 2.94. The van der Waals surface area contributed by atoms with Crippen molar-refractivity contribution in [2.24, 2.45) is 0 Å². The van der Waals surface area contributed by atoms with E-state index in [1.54, 1.807) is 23.1 Å². The number of ether oxygens (including phenoxy) is 2. The number of rotatable bonds is 4. The quantitative estimate of drug-likeness (QED) is 0.863. The van der Waals surface area contributed by atoms with E-state index in [-0.39, 0.29) is 24.4 Å². The maximum Gasteiger partial charge on any atom is 0.261 e. The van der Waals surface area contributed by atoms with Crippen LogP contribution in [0.1, 0.15) is 11.6 Å². The first-order valence-electron chi connectivity index (χ1n) is 7.64. The van der Waals surface area contributed by atoms with E-state index in [4.69, 9.17) is 9.47 Å². The molecule has 0 saturated carbocycles. The molecule has 3 rings (SSSR count). The maximum absolute atomic E-state index is 13.1. The van der Waals surface area contributed by atoms with Gasteiger partial charge in [0.2, 0.25) is 0 Å². The van der Waals surface area contributed by atoms with Gasteiger partial charge < -0.3 is 14.4 Å². The van der Waals surface area contributed by atoms with Crippen molar-refractivity contribution < 1.29 is 23.0 Å². The summed E-state index contributed by atoms with van der Waals surface area (Å²) in [6, 6.07) is 11.4. The van der Waals surface area contributed by atoms with Crippen LogP contribution in [0.4, 0.5) is 8.78 Å². The summed E-state index contributed by atoms with van der Waals surface area (Å²) in [5.41, 5.74) is 0.801. The summed E-state index contributed by atoms with van der Waals surface area (Å²) in [4.78, 5) is 14.1. The molecule has 0 aromatic heterocycles. The lowest BCUT2D eigenvalue weighted by molar-refractivity contribution is -0.142. The maximum atomic E-state index is 13.1. The fourth-order valence-corrected chi connectivity index (χ4v) is 2.65. The van der Waals surface area contributed by atoms with Gasteiger partial charge in [0.05, 0.1) is 19.3 Å². The highest BCUT2D eigenvalue weighted by Crippen LogP contribution is 2.25. The smallest absolute Gasteiger partial charge is 0.261 e. The van der Waals surface area contributed by atoms with E-state index in [1.807, 2.05) is 0 Å². The Hall–Kier alpha value is -2.47. The summed E-state index contributed by atoms with van der Waals surface area (Å²) in [7, 11) is 0. The second-order valence-corrected chi connectivity index (χ2v) is 5.48. The second kappa shape index (κ2) is 7.40. The molecule has 1 fully saturated rings. The van der Waals surface area contributed by atoms with E-state index in [1.165, 1.54) is 30.3 Å². The molecule has 2 aromatic rings. The Kier molecular flexibility index (Phi) is 5.05. The van der Waals surface area contributed by atoms with E-state index in [9.17, 15) is 13.6 Å². The van der Waals surface area contributed by atoms with E-state index in [0.29, 0.717) is 25.5 Å². The summed E-state index contributed by atoms with van der Waals surface area (Å²) < 4.78 is 37.0. The van der Waals surface area contributed by atoms with E-state index in [2.05, 4.69) is 0 Å². The molecule has 0 bridgehead atoms. The summed E-state index contributed by atoms with van der Waals surface area (Å²) >= 11 is 0. The summed E-state index contributed by atoms with van der Waals surface area (Å²) in [5, 5.41) is 0. The second-order valence-electron chi connectivity index (χ2n) is 5.48. The van der Waals surface area contributed by atoms with Gasteiger partial charge in [-0.15, -0.1) is 0 Å². The molecule has 24 heavy (non-hydrogen) atoms. The van der Waals surface area contributed by atoms with Crippen molar-refractivity contribution in [1.82, 2.24) is 4.90 Å². The number of carbonyl (C=O) groups excluding carboxylic acids is 1. The van der Waals surface area contributed by atoms with E-state index < -0.39 is 5.82 Å². The number of benzene rings is 2.